The fraction of sp³-hybridized carbons (Fsp3) is 0.222. The molecular weight excluding hydrogens is 166 g/mol. The topological polar surface area (TPSA) is 47.8 Å². The first kappa shape index (κ1) is 7.91. The van der Waals surface area contributed by atoms with Gasteiger partial charge in [0.2, 0.25) is 0 Å². The van der Waals surface area contributed by atoms with Crippen LogP contribution in [-0.4, -0.2) is 20.8 Å². The van der Waals surface area contributed by atoms with Crippen LogP contribution in [0.4, 0.5) is 0 Å². The van der Waals surface area contributed by atoms with E-state index in [0.717, 1.165) is 23.0 Å². The van der Waals surface area contributed by atoms with Gasteiger partial charge < -0.3 is 9.36 Å². The van der Waals surface area contributed by atoms with E-state index >= 15 is 0 Å². The number of aryl methyl sites for hydroxylation is 1. The fourth-order valence-electron chi connectivity index (χ4n) is 1.27. The third kappa shape index (κ3) is 1.30. The second-order valence-corrected chi connectivity index (χ2v) is 2.91. The number of aromatic nitrogens is 3. The maximum atomic E-state index is 10.3. The zero-order valence-corrected chi connectivity index (χ0v) is 7.27. The van der Waals surface area contributed by atoms with Gasteiger partial charge in [0.1, 0.15) is 11.8 Å². The second-order valence-electron chi connectivity index (χ2n) is 2.91. The first-order chi connectivity index (χ1) is 6.31. The number of rotatable bonds is 2. The summed E-state index contributed by atoms with van der Waals surface area (Å²) in [5.74, 6) is 0. The maximum Gasteiger partial charge on any atom is 0.159 e. The molecule has 0 aliphatic carbocycles. The average molecular weight is 175 g/mol. The lowest BCUT2D eigenvalue weighted by Crippen LogP contribution is -1.91. The number of aldehydes is 1. The zero-order chi connectivity index (χ0) is 9.26. The van der Waals surface area contributed by atoms with Gasteiger partial charge in [0.05, 0.1) is 6.33 Å². The Hall–Kier alpha value is -1.71. The van der Waals surface area contributed by atoms with E-state index in [2.05, 4.69) is 9.97 Å². The highest BCUT2D eigenvalue weighted by molar-refractivity contribution is 5.72. The summed E-state index contributed by atoms with van der Waals surface area (Å²) in [4.78, 5) is 18.6. The SMILES string of the molecule is Cn1cnc2cc(CC=O)cnc21. The maximum absolute atomic E-state index is 10.3. The molecule has 13 heavy (non-hydrogen) atoms. The van der Waals surface area contributed by atoms with E-state index in [9.17, 15) is 4.79 Å². The van der Waals surface area contributed by atoms with Crippen molar-refractivity contribution in [3.8, 4) is 0 Å². The van der Waals surface area contributed by atoms with E-state index in [1.54, 1.807) is 12.5 Å². The van der Waals surface area contributed by atoms with Crippen LogP contribution in [0.5, 0.6) is 0 Å². The van der Waals surface area contributed by atoms with Crippen LogP contribution in [0.2, 0.25) is 0 Å². The molecule has 0 radical (unpaired) electrons. The van der Waals surface area contributed by atoms with Crippen LogP contribution >= 0.6 is 0 Å². The van der Waals surface area contributed by atoms with Gasteiger partial charge in [0, 0.05) is 19.7 Å². The molecule has 4 heteroatoms. The van der Waals surface area contributed by atoms with Crippen LogP contribution in [0.1, 0.15) is 5.56 Å². The predicted molar refractivity (Wildman–Crippen MR) is 48.3 cm³/mol. The van der Waals surface area contributed by atoms with Gasteiger partial charge in [-0.05, 0) is 11.6 Å². The molecule has 0 fully saturated rings. The summed E-state index contributed by atoms with van der Waals surface area (Å²) in [6, 6.07) is 1.89. The monoisotopic (exact) mass is 175 g/mol. The van der Waals surface area contributed by atoms with Crippen LogP contribution < -0.4 is 0 Å². The molecule has 0 N–H and O–H groups in total. The fourth-order valence-corrected chi connectivity index (χ4v) is 1.27. The lowest BCUT2D eigenvalue weighted by atomic mass is 10.2. The molecular formula is C9H9N3O. The number of carbonyl (C=O) groups is 1. The van der Waals surface area contributed by atoms with Crippen molar-refractivity contribution < 1.29 is 4.79 Å². The average Bonchev–Trinajstić information content (AvgIpc) is 2.48. The number of imidazole rings is 1. The molecule has 4 nitrogen and oxygen atoms in total. The Kier molecular flexibility index (Phi) is 1.81. The van der Waals surface area contributed by atoms with Crippen LogP contribution in [0.25, 0.3) is 11.2 Å². The number of carbonyl (C=O) groups excluding carboxylic acids is 1. The molecule has 0 atom stereocenters. The van der Waals surface area contributed by atoms with Crippen molar-refractivity contribution in [2.75, 3.05) is 0 Å². The first-order valence-electron chi connectivity index (χ1n) is 4.01. The van der Waals surface area contributed by atoms with E-state index in [1.165, 1.54) is 0 Å². The van der Waals surface area contributed by atoms with Crippen molar-refractivity contribution in [1.29, 1.82) is 0 Å². The van der Waals surface area contributed by atoms with Crippen molar-refractivity contribution in [3.63, 3.8) is 0 Å². The summed E-state index contributed by atoms with van der Waals surface area (Å²) in [5, 5.41) is 0. The molecule has 0 saturated heterocycles. The smallest absolute Gasteiger partial charge is 0.159 e. The highest BCUT2D eigenvalue weighted by Gasteiger charge is 2.01. The normalized spacial score (nSPS) is 10.5. The summed E-state index contributed by atoms with van der Waals surface area (Å²) in [7, 11) is 1.89. The number of fused-ring (bicyclic) bond motifs is 1. The molecule has 0 aromatic carbocycles. The van der Waals surface area contributed by atoms with Gasteiger partial charge in [0.25, 0.3) is 0 Å². The third-order valence-corrected chi connectivity index (χ3v) is 1.93. The van der Waals surface area contributed by atoms with Crippen molar-refractivity contribution in [1.82, 2.24) is 14.5 Å². The van der Waals surface area contributed by atoms with E-state index in [-0.39, 0.29) is 0 Å². The number of hydrogen-bond acceptors (Lipinski definition) is 3. The van der Waals surface area contributed by atoms with E-state index in [1.807, 2.05) is 17.7 Å². The van der Waals surface area contributed by atoms with Gasteiger partial charge >= 0.3 is 0 Å². The molecule has 0 spiro atoms. The standard InChI is InChI=1S/C9H9N3O/c1-12-6-11-8-4-7(2-3-13)5-10-9(8)12/h3-6H,2H2,1H3. The Balaban J connectivity index is 2.56. The van der Waals surface area contributed by atoms with Gasteiger partial charge in [-0.25, -0.2) is 9.97 Å². The number of pyridine rings is 1. The number of hydrogen-bond donors (Lipinski definition) is 0. The summed E-state index contributed by atoms with van der Waals surface area (Å²) < 4.78 is 1.85. The molecule has 0 unspecified atom stereocenters. The minimum atomic E-state index is 0.402. The minimum absolute atomic E-state index is 0.402. The van der Waals surface area contributed by atoms with Gasteiger partial charge in [-0.15, -0.1) is 0 Å². The van der Waals surface area contributed by atoms with Crippen molar-refractivity contribution >= 4 is 17.5 Å². The second kappa shape index (κ2) is 2.97. The zero-order valence-electron chi connectivity index (χ0n) is 7.27. The highest BCUT2D eigenvalue weighted by atomic mass is 16.1. The van der Waals surface area contributed by atoms with Gasteiger partial charge in [-0.1, -0.05) is 0 Å². The Morgan fingerprint density at radius 1 is 1.54 bits per heavy atom. The Bertz CT molecular complexity index is 447. The lowest BCUT2D eigenvalue weighted by Gasteiger charge is -1.95. The van der Waals surface area contributed by atoms with Crippen LogP contribution in [0.15, 0.2) is 18.6 Å². The van der Waals surface area contributed by atoms with Crippen molar-refractivity contribution in [3.05, 3.63) is 24.2 Å². The molecule has 0 bridgehead atoms. The molecule has 66 valence electrons. The lowest BCUT2D eigenvalue weighted by molar-refractivity contribution is -0.107. The molecule has 0 saturated carbocycles. The summed E-state index contributed by atoms with van der Waals surface area (Å²) in [6.45, 7) is 0. The Morgan fingerprint density at radius 2 is 2.38 bits per heavy atom. The summed E-state index contributed by atoms with van der Waals surface area (Å²) in [5.41, 5.74) is 2.58. The Labute approximate surface area is 75.2 Å². The van der Waals surface area contributed by atoms with E-state index in [0.29, 0.717) is 6.42 Å². The van der Waals surface area contributed by atoms with Crippen LogP contribution in [-0.2, 0) is 18.3 Å². The van der Waals surface area contributed by atoms with Gasteiger partial charge in [-0.3, -0.25) is 0 Å². The molecule has 0 aliphatic rings. The summed E-state index contributed by atoms with van der Waals surface area (Å²) >= 11 is 0. The minimum Gasteiger partial charge on any atom is -0.318 e. The van der Waals surface area contributed by atoms with Crippen LogP contribution in [0.3, 0.4) is 0 Å². The molecule has 2 aromatic rings. The van der Waals surface area contributed by atoms with Crippen molar-refractivity contribution in [2.45, 2.75) is 6.42 Å². The molecule has 2 heterocycles. The Morgan fingerprint density at radius 3 is 3.15 bits per heavy atom. The highest BCUT2D eigenvalue weighted by Crippen LogP contribution is 2.10. The first-order valence-corrected chi connectivity index (χ1v) is 4.01. The quantitative estimate of drug-likeness (QED) is 0.631. The van der Waals surface area contributed by atoms with Crippen LogP contribution in [0, 0.1) is 0 Å². The number of nitrogens with zero attached hydrogens (tertiary/aromatic N) is 3. The molecule has 2 aromatic heterocycles. The van der Waals surface area contributed by atoms with E-state index in [4.69, 9.17) is 0 Å². The third-order valence-electron chi connectivity index (χ3n) is 1.93. The summed E-state index contributed by atoms with van der Waals surface area (Å²) in [6.07, 6.45) is 4.69. The van der Waals surface area contributed by atoms with Gasteiger partial charge in [-0.2, -0.15) is 0 Å². The molecule has 2 rings (SSSR count). The molecule has 0 amide bonds. The predicted octanol–water partition coefficient (Wildman–Crippen LogP) is 0.710. The van der Waals surface area contributed by atoms with Gasteiger partial charge in [0.15, 0.2) is 5.65 Å². The largest absolute Gasteiger partial charge is 0.318 e. The van der Waals surface area contributed by atoms with Crippen molar-refractivity contribution in [2.24, 2.45) is 7.05 Å². The molecule has 0 aliphatic heterocycles. The van der Waals surface area contributed by atoms with E-state index < -0.39 is 0 Å².